The molecule has 2 aromatic rings. The number of hydrogen-bond donors (Lipinski definition) is 2. The minimum Gasteiger partial charge on any atom is -0.293 e. The average molecular weight is 271 g/mol. The topological polar surface area (TPSA) is 83.6 Å². The van der Waals surface area contributed by atoms with E-state index in [1.165, 1.54) is 0 Å². The third kappa shape index (κ3) is 2.41. The fraction of sp³-hybridized carbons (Fsp3) is 0.429. The number of carbonyl (C=O) groups excluding carboxylic acids is 1. The van der Waals surface area contributed by atoms with Gasteiger partial charge in [0.1, 0.15) is 0 Å². The van der Waals surface area contributed by atoms with Crippen molar-refractivity contribution in [2.24, 2.45) is 11.3 Å². The number of H-pyrrole nitrogens is 1. The van der Waals surface area contributed by atoms with Gasteiger partial charge in [0, 0.05) is 23.4 Å². The number of pyridine rings is 1. The molecule has 1 aliphatic carbocycles. The van der Waals surface area contributed by atoms with Crippen LogP contribution in [0.25, 0.3) is 11.4 Å². The molecule has 104 valence electrons. The Bertz CT molecular complexity index is 616. The van der Waals surface area contributed by atoms with E-state index in [4.69, 9.17) is 0 Å². The van der Waals surface area contributed by atoms with Gasteiger partial charge in [0.05, 0.1) is 0 Å². The number of rotatable bonds is 4. The number of aromatic nitrogens is 4. The van der Waals surface area contributed by atoms with Crippen molar-refractivity contribution in [2.75, 3.05) is 5.32 Å². The molecule has 1 aliphatic rings. The van der Waals surface area contributed by atoms with E-state index >= 15 is 0 Å². The van der Waals surface area contributed by atoms with Gasteiger partial charge in [-0.1, -0.05) is 13.8 Å². The van der Waals surface area contributed by atoms with Crippen molar-refractivity contribution in [3.05, 3.63) is 24.5 Å². The second-order valence-electron chi connectivity index (χ2n) is 5.70. The lowest BCUT2D eigenvalue weighted by Gasteiger charge is -2.21. The number of hydrogen-bond acceptors (Lipinski definition) is 4. The number of carbonyl (C=O) groups is 1. The molecule has 0 bridgehead atoms. The first-order chi connectivity index (χ1) is 9.57. The first-order valence-corrected chi connectivity index (χ1v) is 6.71. The van der Waals surface area contributed by atoms with E-state index in [-0.39, 0.29) is 11.3 Å². The fourth-order valence-corrected chi connectivity index (χ4v) is 2.20. The number of aromatic amines is 1. The first-order valence-electron chi connectivity index (χ1n) is 6.71. The highest BCUT2D eigenvalue weighted by atomic mass is 16.2. The highest BCUT2D eigenvalue weighted by Crippen LogP contribution is 2.45. The number of anilines is 1. The molecule has 6 nitrogen and oxygen atoms in total. The number of nitrogens with zero attached hydrogens (tertiary/aromatic N) is 3. The van der Waals surface area contributed by atoms with E-state index in [1.54, 1.807) is 12.4 Å². The van der Waals surface area contributed by atoms with Crippen molar-refractivity contribution in [2.45, 2.75) is 26.7 Å². The van der Waals surface area contributed by atoms with E-state index in [0.29, 0.717) is 17.7 Å². The SMILES string of the molecule is CC(C)(C(=O)Nc1n[nH]c(-c2cccnc2)n1)C1CC1. The Balaban J connectivity index is 1.73. The van der Waals surface area contributed by atoms with Crippen LogP contribution >= 0.6 is 0 Å². The molecule has 2 aromatic heterocycles. The van der Waals surface area contributed by atoms with Crippen LogP contribution in [0, 0.1) is 11.3 Å². The van der Waals surface area contributed by atoms with Gasteiger partial charge in [-0.05, 0) is 30.9 Å². The summed E-state index contributed by atoms with van der Waals surface area (Å²) in [6, 6.07) is 3.71. The summed E-state index contributed by atoms with van der Waals surface area (Å²) in [4.78, 5) is 20.5. The Labute approximate surface area is 117 Å². The third-order valence-corrected chi connectivity index (χ3v) is 3.83. The highest BCUT2D eigenvalue weighted by Gasteiger charge is 2.43. The van der Waals surface area contributed by atoms with Crippen molar-refractivity contribution in [1.82, 2.24) is 20.2 Å². The molecule has 2 N–H and O–H groups in total. The minimum absolute atomic E-state index is 0.0308. The summed E-state index contributed by atoms with van der Waals surface area (Å²) < 4.78 is 0. The van der Waals surface area contributed by atoms with Crippen LogP contribution in [0.2, 0.25) is 0 Å². The Morgan fingerprint density at radius 2 is 2.25 bits per heavy atom. The van der Waals surface area contributed by atoms with Crippen molar-refractivity contribution in [3.8, 4) is 11.4 Å². The second-order valence-corrected chi connectivity index (χ2v) is 5.70. The lowest BCUT2D eigenvalue weighted by molar-refractivity contribution is -0.125. The highest BCUT2D eigenvalue weighted by molar-refractivity contribution is 5.93. The molecule has 0 aromatic carbocycles. The maximum absolute atomic E-state index is 12.2. The molecule has 0 aliphatic heterocycles. The van der Waals surface area contributed by atoms with Crippen LogP contribution in [0.1, 0.15) is 26.7 Å². The standard InChI is InChI=1S/C14H17N5O/c1-14(2,10-5-6-10)12(20)17-13-16-11(18-19-13)9-4-3-7-15-8-9/h3-4,7-8,10H,5-6H2,1-2H3,(H2,16,17,18,19,20). The molecule has 0 saturated heterocycles. The van der Waals surface area contributed by atoms with E-state index in [1.807, 2.05) is 26.0 Å². The predicted molar refractivity (Wildman–Crippen MR) is 74.7 cm³/mol. The first kappa shape index (κ1) is 12.8. The molecule has 0 spiro atoms. The molecule has 1 amide bonds. The summed E-state index contributed by atoms with van der Waals surface area (Å²) >= 11 is 0. The van der Waals surface area contributed by atoms with E-state index < -0.39 is 0 Å². The van der Waals surface area contributed by atoms with E-state index in [2.05, 4.69) is 25.5 Å². The summed E-state index contributed by atoms with van der Waals surface area (Å²) in [6.45, 7) is 3.93. The number of amides is 1. The summed E-state index contributed by atoms with van der Waals surface area (Å²) in [5, 5.41) is 9.62. The largest absolute Gasteiger partial charge is 0.293 e. The molecule has 0 unspecified atom stereocenters. The Morgan fingerprint density at radius 1 is 1.45 bits per heavy atom. The smallest absolute Gasteiger partial charge is 0.249 e. The molecular weight excluding hydrogens is 254 g/mol. The molecule has 6 heteroatoms. The van der Waals surface area contributed by atoms with Gasteiger partial charge >= 0.3 is 0 Å². The van der Waals surface area contributed by atoms with Gasteiger partial charge in [-0.3, -0.25) is 20.2 Å². The van der Waals surface area contributed by atoms with Crippen molar-refractivity contribution >= 4 is 11.9 Å². The van der Waals surface area contributed by atoms with Gasteiger partial charge in [0.15, 0.2) is 5.82 Å². The summed E-state index contributed by atoms with van der Waals surface area (Å²) in [7, 11) is 0. The lowest BCUT2D eigenvalue weighted by atomic mass is 9.86. The van der Waals surface area contributed by atoms with Gasteiger partial charge in [-0.15, -0.1) is 5.10 Å². The number of nitrogens with one attached hydrogen (secondary N) is 2. The third-order valence-electron chi connectivity index (χ3n) is 3.83. The molecule has 1 saturated carbocycles. The minimum atomic E-state index is -0.366. The Kier molecular flexibility index (Phi) is 3.00. The summed E-state index contributed by atoms with van der Waals surface area (Å²) in [5.41, 5.74) is 0.469. The van der Waals surface area contributed by atoms with Crippen molar-refractivity contribution in [3.63, 3.8) is 0 Å². The van der Waals surface area contributed by atoms with Gasteiger partial charge in [-0.25, -0.2) is 0 Å². The van der Waals surface area contributed by atoms with Crippen LogP contribution in [-0.4, -0.2) is 26.1 Å². The molecule has 1 fully saturated rings. The van der Waals surface area contributed by atoms with Crippen LogP contribution in [0.5, 0.6) is 0 Å². The van der Waals surface area contributed by atoms with Crippen molar-refractivity contribution < 1.29 is 4.79 Å². The van der Waals surface area contributed by atoms with Gasteiger partial charge in [-0.2, -0.15) is 4.98 Å². The average Bonchev–Trinajstić information content (AvgIpc) is 3.21. The normalized spacial score (nSPS) is 15.1. The van der Waals surface area contributed by atoms with Gasteiger partial charge in [0.25, 0.3) is 0 Å². The zero-order chi connectivity index (χ0) is 14.2. The summed E-state index contributed by atoms with van der Waals surface area (Å²) in [6.07, 6.45) is 5.63. The molecule has 2 heterocycles. The molecule has 0 atom stereocenters. The van der Waals surface area contributed by atoms with Gasteiger partial charge in [0.2, 0.25) is 11.9 Å². The predicted octanol–water partition coefficient (Wildman–Crippen LogP) is 2.24. The van der Waals surface area contributed by atoms with E-state index in [9.17, 15) is 4.79 Å². The van der Waals surface area contributed by atoms with Crippen LogP contribution in [0.15, 0.2) is 24.5 Å². The van der Waals surface area contributed by atoms with Crippen LogP contribution in [-0.2, 0) is 4.79 Å². The zero-order valence-electron chi connectivity index (χ0n) is 11.6. The van der Waals surface area contributed by atoms with Crippen LogP contribution in [0.4, 0.5) is 5.95 Å². The van der Waals surface area contributed by atoms with E-state index in [0.717, 1.165) is 18.4 Å². The Morgan fingerprint density at radius 3 is 2.90 bits per heavy atom. The zero-order valence-corrected chi connectivity index (χ0v) is 11.6. The quantitative estimate of drug-likeness (QED) is 0.893. The summed E-state index contributed by atoms with van der Waals surface area (Å²) in [5.74, 6) is 1.34. The fourth-order valence-electron chi connectivity index (χ4n) is 2.20. The van der Waals surface area contributed by atoms with Crippen LogP contribution in [0.3, 0.4) is 0 Å². The second kappa shape index (κ2) is 4.70. The maximum Gasteiger partial charge on any atom is 0.249 e. The molecular formula is C14H17N5O. The maximum atomic E-state index is 12.2. The van der Waals surface area contributed by atoms with Crippen LogP contribution < -0.4 is 5.32 Å². The lowest BCUT2D eigenvalue weighted by Crippen LogP contribution is -2.32. The van der Waals surface area contributed by atoms with Crippen molar-refractivity contribution in [1.29, 1.82) is 0 Å². The Hall–Kier alpha value is -2.24. The monoisotopic (exact) mass is 271 g/mol. The molecule has 0 radical (unpaired) electrons. The molecule has 20 heavy (non-hydrogen) atoms. The van der Waals surface area contributed by atoms with Gasteiger partial charge < -0.3 is 0 Å². The molecule has 3 rings (SSSR count).